The van der Waals surface area contributed by atoms with Crippen LogP contribution < -0.4 is 10.2 Å². The van der Waals surface area contributed by atoms with E-state index in [-0.39, 0.29) is 42.5 Å². The van der Waals surface area contributed by atoms with Gasteiger partial charge in [-0.2, -0.15) is 0 Å². The van der Waals surface area contributed by atoms with Gasteiger partial charge < -0.3 is 10.1 Å². The molecule has 174 valence electrons. The standard InChI is InChI=1S/C24H27N3O6/c1-14(20(29)27-18-11-7-6-10-17(18)25-23(32)24(27,2)3)33-19(28)12-13-26-21(30)15-8-4-5-9-16(15)22(26)31/h4-7,10-11,14-16H,8-9,12-13H2,1-3H3,(H,25,32)/t14-,15-,16+/m0/s1. The Bertz CT molecular complexity index is 1040. The fraction of sp³-hybridized carbons (Fsp3) is 0.458. The van der Waals surface area contributed by atoms with Crippen molar-refractivity contribution in [1.29, 1.82) is 0 Å². The summed E-state index contributed by atoms with van der Waals surface area (Å²) in [6.45, 7) is 4.59. The van der Waals surface area contributed by atoms with Crippen LogP contribution in [0.4, 0.5) is 11.4 Å². The predicted octanol–water partition coefficient (Wildman–Crippen LogP) is 2.02. The molecule has 9 heteroatoms. The Kier molecular flexibility index (Phi) is 5.82. The molecule has 3 aliphatic rings. The van der Waals surface area contributed by atoms with Crippen LogP contribution in [-0.4, -0.2) is 52.7 Å². The molecule has 1 fully saturated rings. The lowest BCUT2D eigenvalue weighted by Gasteiger charge is -2.42. The van der Waals surface area contributed by atoms with Gasteiger partial charge in [0.2, 0.25) is 17.7 Å². The molecule has 2 aliphatic heterocycles. The van der Waals surface area contributed by atoms with Crippen molar-refractivity contribution in [2.45, 2.75) is 51.7 Å². The molecule has 0 radical (unpaired) electrons. The number of allylic oxidation sites excluding steroid dienone is 2. The number of esters is 1. The third-order valence-electron chi connectivity index (χ3n) is 6.52. The minimum Gasteiger partial charge on any atom is -0.452 e. The third-order valence-corrected chi connectivity index (χ3v) is 6.52. The normalized spacial score (nSPS) is 24.2. The van der Waals surface area contributed by atoms with Gasteiger partial charge in [0.05, 0.1) is 29.6 Å². The van der Waals surface area contributed by atoms with E-state index in [0.717, 1.165) is 4.90 Å². The van der Waals surface area contributed by atoms with Crippen LogP contribution >= 0.6 is 0 Å². The number of likely N-dealkylation sites (tertiary alicyclic amines) is 1. The van der Waals surface area contributed by atoms with Crippen LogP contribution in [0.5, 0.6) is 0 Å². The molecule has 4 amide bonds. The lowest BCUT2D eigenvalue weighted by atomic mass is 9.85. The lowest BCUT2D eigenvalue weighted by molar-refractivity contribution is -0.155. The fourth-order valence-corrected chi connectivity index (χ4v) is 4.63. The number of anilines is 2. The lowest BCUT2D eigenvalue weighted by Crippen LogP contribution is -2.60. The molecule has 2 heterocycles. The maximum absolute atomic E-state index is 13.2. The number of para-hydroxylation sites is 2. The molecular formula is C24H27N3O6. The number of rotatable bonds is 5. The SMILES string of the molecule is C[C@H](OC(=O)CCN1C(=O)[C@H]2CC=CC[C@H]2C1=O)C(=O)N1c2ccccc2NC(=O)C1(C)C. The number of imide groups is 1. The van der Waals surface area contributed by atoms with Crippen LogP contribution in [0.2, 0.25) is 0 Å². The predicted molar refractivity (Wildman–Crippen MR) is 119 cm³/mol. The van der Waals surface area contributed by atoms with Crippen molar-refractivity contribution in [1.82, 2.24) is 4.90 Å². The zero-order valence-corrected chi connectivity index (χ0v) is 18.9. The first kappa shape index (κ1) is 22.7. The summed E-state index contributed by atoms with van der Waals surface area (Å²) >= 11 is 0. The van der Waals surface area contributed by atoms with Crippen molar-refractivity contribution in [3.05, 3.63) is 36.4 Å². The monoisotopic (exact) mass is 453 g/mol. The van der Waals surface area contributed by atoms with Crippen LogP contribution in [0, 0.1) is 11.8 Å². The van der Waals surface area contributed by atoms with E-state index in [2.05, 4.69) is 5.32 Å². The second kappa shape index (κ2) is 8.46. The summed E-state index contributed by atoms with van der Waals surface area (Å²) in [6.07, 6.45) is 3.50. The van der Waals surface area contributed by atoms with E-state index in [4.69, 9.17) is 4.74 Å². The quantitative estimate of drug-likeness (QED) is 0.415. The molecule has 3 atom stereocenters. The average Bonchev–Trinajstić information content (AvgIpc) is 3.02. The Morgan fingerprint density at radius 1 is 1.09 bits per heavy atom. The molecule has 1 aliphatic carbocycles. The number of amides is 4. The smallest absolute Gasteiger partial charge is 0.308 e. The largest absolute Gasteiger partial charge is 0.452 e. The number of ether oxygens (including phenoxy) is 1. The van der Waals surface area contributed by atoms with Crippen molar-refractivity contribution in [2.75, 3.05) is 16.8 Å². The molecule has 1 aromatic rings. The number of hydrogen-bond donors (Lipinski definition) is 1. The van der Waals surface area contributed by atoms with Crippen molar-refractivity contribution in [3.63, 3.8) is 0 Å². The highest BCUT2D eigenvalue weighted by molar-refractivity contribution is 6.15. The average molecular weight is 453 g/mol. The van der Waals surface area contributed by atoms with E-state index in [9.17, 15) is 24.0 Å². The highest BCUT2D eigenvalue weighted by Crippen LogP contribution is 2.37. The summed E-state index contributed by atoms with van der Waals surface area (Å²) < 4.78 is 5.33. The number of nitrogens with zero attached hydrogens (tertiary/aromatic N) is 2. The molecule has 0 aromatic heterocycles. The van der Waals surface area contributed by atoms with E-state index >= 15 is 0 Å². The molecule has 9 nitrogen and oxygen atoms in total. The highest BCUT2D eigenvalue weighted by Gasteiger charge is 2.47. The van der Waals surface area contributed by atoms with Crippen LogP contribution in [0.15, 0.2) is 36.4 Å². The summed E-state index contributed by atoms with van der Waals surface area (Å²) in [4.78, 5) is 65.8. The van der Waals surface area contributed by atoms with Crippen molar-refractivity contribution in [2.24, 2.45) is 11.8 Å². The summed E-state index contributed by atoms with van der Waals surface area (Å²) in [5, 5.41) is 2.78. The highest BCUT2D eigenvalue weighted by atomic mass is 16.5. The molecule has 1 N–H and O–H groups in total. The second-order valence-electron chi connectivity index (χ2n) is 9.07. The Hall–Kier alpha value is -3.49. The molecule has 0 spiro atoms. The van der Waals surface area contributed by atoms with Crippen molar-refractivity contribution < 1.29 is 28.7 Å². The zero-order chi connectivity index (χ0) is 23.9. The van der Waals surface area contributed by atoms with Crippen LogP contribution in [-0.2, 0) is 28.7 Å². The topological polar surface area (TPSA) is 113 Å². The number of fused-ring (bicyclic) bond motifs is 2. The maximum atomic E-state index is 13.2. The van der Waals surface area contributed by atoms with E-state index < -0.39 is 23.5 Å². The van der Waals surface area contributed by atoms with Crippen LogP contribution in [0.25, 0.3) is 0 Å². The van der Waals surface area contributed by atoms with Gasteiger partial charge in [0, 0.05) is 6.54 Å². The van der Waals surface area contributed by atoms with Gasteiger partial charge in [0.1, 0.15) is 5.54 Å². The molecule has 33 heavy (non-hydrogen) atoms. The zero-order valence-electron chi connectivity index (χ0n) is 18.9. The fourth-order valence-electron chi connectivity index (χ4n) is 4.63. The minimum atomic E-state index is -1.19. The van der Waals surface area contributed by atoms with Gasteiger partial charge in [-0.25, -0.2) is 0 Å². The van der Waals surface area contributed by atoms with E-state index in [0.29, 0.717) is 24.2 Å². The first-order valence-electron chi connectivity index (χ1n) is 11.1. The summed E-state index contributed by atoms with van der Waals surface area (Å²) in [6, 6.07) is 6.90. The number of carbonyl (C=O) groups is 5. The second-order valence-corrected chi connectivity index (χ2v) is 9.07. The first-order valence-corrected chi connectivity index (χ1v) is 11.1. The van der Waals surface area contributed by atoms with Gasteiger partial charge in [-0.15, -0.1) is 0 Å². The van der Waals surface area contributed by atoms with Gasteiger partial charge in [0.25, 0.3) is 5.91 Å². The number of nitrogens with one attached hydrogen (secondary N) is 1. The van der Waals surface area contributed by atoms with Gasteiger partial charge in [0.15, 0.2) is 6.10 Å². The van der Waals surface area contributed by atoms with Gasteiger partial charge in [-0.3, -0.25) is 33.8 Å². The Balaban J connectivity index is 1.40. The van der Waals surface area contributed by atoms with Gasteiger partial charge >= 0.3 is 5.97 Å². The molecule has 1 saturated heterocycles. The summed E-state index contributed by atoms with van der Waals surface area (Å²) in [7, 11) is 0. The Labute approximate surface area is 191 Å². The Morgan fingerprint density at radius 3 is 2.33 bits per heavy atom. The van der Waals surface area contributed by atoms with E-state index in [1.807, 2.05) is 12.2 Å². The van der Waals surface area contributed by atoms with Crippen molar-refractivity contribution >= 4 is 41.0 Å². The summed E-state index contributed by atoms with van der Waals surface area (Å²) in [5.74, 6) is -2.82. The molecule has 1 aromatic carbocycles. The van der Waals surface area contributed by atoms with Gasteiger partial charge in [-0.1, -0.05) is 24.3 Å². The van der Waals surface area contributed by atoms with Gasteiger partial charge in [-0.05, 0) is 45.7 Å². The number of hydrogen-bond acceptors (Lipinski definition) is 6. The maximum Gasteiger partial charge on any atom is 0.308 e. The molecule has 0 saturated carbocycles. The van der Waals surface area contributed by atoms with Crippen molar-refractivity contribution in [3.8, 4) is 0 Å². The number of benzene rings is 1. The Morgan fingerprint density at radius 2 is 1.70 bits per heavy atom. The molecule has 0 bridgehead atoms. The van der Waals surface area contributed by atoms with E-state index in [1.165, 1.54) is 11.8 Å². The summed E-state index contributed by atoms with van der Waals surface area (Å²) in [5.41, 5.74) is -0.180. The first-order chi connectivity index (χ1) is 15.6. The molecular weight excluding hydrogens is 426 g/mol. The molecule has 0 unspecified atom stereocenters. The molecule has 4 rings (SSSR count). The van der Waals surface area contributed by atoms with Crippen LogP contribution in [0.3, 0.4) is 0 Å². The minimum absolute atomic E-state index is 0.0785. The number of carbonyl (C=O) groups excluding carboxylic acids is 5. The van der Waals surface area contributed by atoms with E-state index in [1.54, 1.807) is 38.1 Å². The van der Waals surface area contributed by atoms with Crippen LogP contribution in [0.1, 0.15) is 40.0 Å². The third kappa shape index (κ3) is 3.92.